The maximum Gasteiger partial charge on any atom is 0.337 e. The number of nitrogens with one attached hydrogen (secondary N) is 1. The van der Waals surface area contributed by atoms with Gasteiger partial charge >= 0.3 is 11.9 Å². The molecular formula is C23H29NO6. The van der Waals surface area contributed by atoms with Gasteiger partial charge in [-0.15, -0.1) is 0 Å². The van der Waals surface area contributed by atoms with Crippen LogP contribution in [0.3, 0.4) is 0 Å². The second-order valence-corrected chi connectivity index (χ2v) is 9.49. The van der Waals surface area contributed by atoms with E-state index in [0.29, 0.717) is 23.8 Å². The normalized spacial score (nSPS) is 31.3. The van der Waals surface area contributed by atoms with Crippen molar-refractivity contribution < 1.29 is 29.0 Å². The second kappa shape index (κ2) is 8.02. The number of amides is 1. The van der Waals surface area contributed by atoms with Crippen LogP contribution in [0.4, 0.5) is 0 Å². The van der Waals surface area contributed by atoms with Crippen LogP contribution in [0.1, 0.15) is 60.9 Å². The van der Waals surface area contributed by atoms with E-state index in [1.807, 2.05) is 0 Å². The van der Waals surface area contributed by atoms with Crippen LogP contribution >= 0.6 is 0 Å². The Morgan fingerprint density at radius 1 is 1.10 bits per heavy atom. The fourth-order valence-corrected chi connectivity index (χ4v) is 6.24. The van der Waals surface area contributed by atoms with E-state index in [-0.39, 0.29) is 36.9 Å². The predicted octanol–water partition coefficient (Wildman–Crippen LogP) is 2.35. The van der Waals surface area contributed by atoms with E-state index in [9.17, 15) is 19.5 Å². The Kier molecular flexibility index (Phi) is 5.57. The average Bonchev–Trinajstić information content (AvgIpc) is 2.68. The van der Waals surface area contributed by atoms with Crippen LogP contribution < -0.4 is 5.32 Å². The van der Waals surface area contributed by atoms with Crippen molar-refractivity contribution in [1.82, 2.24) is 5.32 Å². The van der Waals surface area contributed by atoms with Gasteiger partial charge in [-0.25, -0.2) is 4.79 Å². The molecule has 4 saturated carbocycles. The van der Waals surface area contributed by atoms with Crippen molar-refractivity contribution in [1.29, 1.82) is 0 Å². The van der Waals surface area contributed by atoms with Crippen molar-refractivity contribution in [3.8, 4) is 0 Å². The van der Waals surface area contributed by atoms with Crippen molar-refractivity contribution in [3.05, 3.63) is 35.4 Å². The number of ether oxygens (including phenoxy) is 2. The Morgan fingerprint density at radius 3 is 2.37 bits per heavy atom. The Morgan fingerprint density at radius 2 is 1.77 bits per heavy atom. The van der Waals surface area contributed by atoms with Gasteiger partial charge in [-0.3, -0.25) is 9.59 Å². The highest BCUT2D eigenvalue weighted by atomic mass is 16.5. The molecule has 2 unspecified atom stereocenters. The third-order valence-electron chi connectivity index (χ3n) is 6.90. The highest BCUT2D eigenvalue weighted by Gasteiger charge is 2.57. The third kappa shape index (κ3) is 4.51. The zero-order chi connectivity index (χ0) is 21.4. The van der Waals surface area contributed by atoms with Gasteiger partial charge in [0, 0.05) is 6.54 Å². The summed E-state index contributed by atoms with van der Waals surface area (Å²) in [4.78, 5) is 35.9. The van der Waals surface area contributed by atoms with E-state index in [2.05, 4.69) is 10.1 Å². The fourth-order valence-electron chi connectivity index (χ4n) is 6.24. The molecule has 4 atom stereocenters. The largest absolute Gasteiger partial charge is 0.465 e. The summed E-state index contributed by atoms with van der Waals surface area (Å²) in [5.74, 6) is -0.123. The first-order chi connectivity index (χ1) is 14.3. The number of carbonyl (C=O) groups is 3. The van der Waals surface area contributed by atoms with Gasteiger partial charge in [0.15, 0.2) is 6.61 Å². The summed E-state index contributed by atoms with van der Waals surface area (Å²) in [5, 5.41) is 13.5. The van der Waals surface area contributed by atoms with E-state index in [0.717, 1.165) is 31.2 Å². The van der Waals surface area contributed by atoms with Crippen LogP contribution in [0.15, 0.2) is 24.3 Å². The van der Waals surface area contributed by atoms with Crippen LogP contribution in [0.5, 0.6) is 0 Å². The van der Waals surface area contributed by atoms with Gasteiger partial charge in [-0.1, -0.05) is 12.1 Å². The fraction of sp³-hybridized carbons (Fsp3) is 0.609. The minimum absolute atomic E-state index is 0.159. The number of esters is 2. The topological polar surface area (TPSA) is 102 Å². The molecule has 4 bridgehead atoms. The van der Waals surface area contributed by atoms with Crippen LogP contribution in [-0.2, 0) is 25.6 Å². The molecule has 7 heteroatoms. The zero-order valence-corrected chi connectivity index (χ0v) is 17.3. The van der Waals surface area contributed by atoms with Gasteiger partial charge in [-0.05, 0) is 73.5 Å². The van der Waals surface area contributed by atoms with Crippen molar-refractivity contribution in [2.24, 2.45) is 17.3 Å². The number of carbonyl (C=O) groups excluding carboxylic acids is 3. The predicted molar refractivity (Wildman–Crippen MR) is 107 cm³/mol. The SMILES string of the molecule is COC(=O)c1ccc(CNC(=O)COC(=O)CC23C[C@@H]4C[C@@H](CC(O)(C4)C2)C3)cc1. The first-order valence-corrected chi connectivity index (χ1v) is 10.6. The Balaban J connectivity index is 1.22. The van der Waals surface area contributed by atoms with E-state index in [1.165, 1.54) is 13.5 Å². The van der Waals surface area contributed by atoms with Gasteiger partial charge in [0.2, 0.25) is 0 Å². The monoisotopic (exact) mass is 415 g/mol. The van der Waals surface area contributed by atoms with Gasteiger partial charge in [0.05, 0.1) is 24.7 Å². The molecule has 0 aliphatic heterocycles. The summed E-state index contributed by atoms with van der Waals surface area (Å²) in [7, 11) is 1.32. The van der Waals surface area contributed by atoms with Crippen molar-refractivity contribution >= 4 is 17.8 Å². The maximum absolute atomic E-state index is 12.4. The van der Waals surface area contributed by atoms with Crippen LogP contribution in [0, 0.1) is 17.3 Å². The summed E-state index contributed by atoms with van der Waals surface area (Å²) in [6.07, 6.45) is 5.82. The summed E-state index contributed by atoms with van der Waals surface area (Å²) in [5.41, 5.74) is 0.499. The summed E-state index contributed by atoms with van der Waals surface area (Å²) in [6, 6.07) is 6.73. The molecule has 1 aromatic carbocycles. The van der Waals surface area contributed by atoms with E-state index >= 15 is 0 Å². The second-order valence-electron chi connectivity index (χ2n) is 9.49. The summed E-state index contributed by atoms with van der Waals surface area (Å²) >= 11 is 0. The summed E-state index contributed by atoms with van der Waals surface area (Å²) < 4.78 is 9.89. The van der Waals surface area contributed by atoms with E-state index in [4.69, 9.17) is 4.74 Å². The lowest BCUT2D eigenvalue weighted by atomic mass is 9.47. The van der Waals surface area contributed by atoms with Crippen molar-refractivity contribution in [2.75, 3.05) is 13.7 Å². The third-order valence-corrected chi connectivity index (χ3v) is 6.90. The molecule has 1 aromatic rings. The molecule has 2 N–H and O–H groups in total. The molecule has 4 aliphatic rings. The molecule has 162 valence electrons. The Labute approximate surface area is 176 Å². The van der Waals surface area contributed by atoms with E-state index < -0.39 is 11.6 Å². The Hall–Kier alpha value is -2.41. The van der Waals surface area contributed by atoms with Crippen molar-refractivity contribution in [2.45, 2.75) is 57.1 Å². The van der Waals surface area contributed by atoms with Crippen LogP contribution in [0.2, 0.25) is 0 Å². The quantitative estimate of drug-likeness (QED) is 0.663. The lowest BCUT2D eigenvalue weighted by molar-refractivity contribution is -0.177. The molecule has 1 amide bonds. The molecule has 0 radical (unpaired) electrons. The molecule has 4 fully saturated rings. The van der Waals surface area contributed by atoms with Gasteiger partial charge in [0.1, 0.15) is 0 Å². The number of hydrogen-bond donors (Lipinski definition) is 2. The molecule has 0 spiro atoms. The number of methoxy groups -OCH3 is 1. The molecule has 0 saturated heterocycles. The molecular weight excluding hydrogens is 386 g/mol. The maximum atomic E-state index is 12.4. The Bertz CT molecular complexity index is 819. The standard InChI is InChI=1S/C23H29NO6/c1-29-21(27)18-4-2-15(3-5-18)12-24-19(25)13-30-20(26)11-22-7-16-6-17(8-22)10-23(28,9-16)14-22/h2-5,16-17,28H,6-14H2,1H3,(H,24,25)/t16-,17+,22?,23?. The smallest absolute Gasteiger partial charge is 0.337 e. The van der Waals surface area contributed by atoms with Gasteiger partial charge in [0.25, 0.3) is 5.91 Å². The highest BCUT2D eigenvalue weighted by molar-refractivity contribution is 5.89. The number of rotatable bonds is 7. The number of hydrogen-bond acceptors (Lipinski definition) is 6. The molecule has 7 nitrogen and oxygen atoms in total. The average molecular weight is 415 g/mol. The molecule has 4 aliphatic carbocycles. The molecule has 30 heavy (non-hydrogen) atoms. The van der Waals surface area contributed by atoms with E-state index in [1.54, 1.807) is 24.3 Å². The molecule has 0 heterocycles. The van der Waals surface area contributed by atoms with Crippen LogP contribution in [-0.4, -0.2) is 42.3 Å². The van der Waals surface area contributed by atoms with Gasteiger partial charge < -0.3 is 19.9 Å². The summed E-state index contributed by atoms with van der Waals surface area (Å²) in [6.45, 7) is -0.0373. The molecule has 5 rings (SSSR count). The minimum atomic E-state index is -0.606. The van der Waals surface area contributed by atoms with Crippen molar-refractivity contribution in [3.63, 3.8) is 0 Å². The van der Waals surface area contributed by atoms with Crippen LogP contribution in [0.25, 0.3) is 0 Å². The zero-order valence-electron chi connectivity index (χ0n) is 17.3. The first-order valence-electron chi connectivity index (χ1n) is 10.6. The first kappa shape index (κ1) is 20.8. The lowest BCUT2D eigenvalue weighted by Crippen LogP contribution is -2.56. The molecule has 0 aromatic heterocycles. The minimum Gasteiger partial charge on any atom is -0.465 e. The number of benzene rings is 1. The van der Waals surface area contributed by atoms with Gasteiger partial charge in [-0.2, -0.15) is 0 Å². The number of aliphatic hydroxyl groups is 1. The lowest BCUT2D eigenvalue weighted by Gasteiger charge is -2.60. The highest BCUT2D eigenvalue weighted by Crippen LogP contribution is 2.62.